The van der Waals surface area contributed by atoms with Crippen LogP contribution < -0.4 is 0 Å². The van der Waals surface area contributed by atoms with E-state index in [1.807, 2.05) is 6.92 Å². The van der Waals surface area contributed by atoms with E-state index in [2.05, 4.69) is 0 Å². The minimum atomic E-state index is -5.91. The molecule has 0 aromatic heterocycles. The molecule has 3 rings (SSSR count). The monoisotopic (exact) mass is 580 g/mol. The van der Waals surface area contributed by atoms with E-state index in [-0.39, 0.29) is 49.9 Å². The fraction of sp³-hybridized carbons (Fsp3) is 1.00. The van der Waals surface area contributed by atoms with Gasteiger partial charge in [-0.1, -0.05) is 26.2 Å². The zero-order valence-corrected chi connectivity index (χ0v) is 20.6. The average Bonchev–Trinajstić information content (AvgIpc) is 3.08. The summed E-state index contributed by atoms with van der Waals surface area (Å²) in [5.41, 5.74) is -10.2. The Hall–Kier alpha value is -0.920. The maximum Gasteiger partial charge on any atom is 0.426 e. The number of rotatable bonds is 5. The summed E-state index contributed by atoms with van der Waals surface area (Å²) in [6.07, 6.45) is -24.5. The van der Waals surface area contributed by atoms with Crippen molar-refractivity contribution in [3.05, 3.63) is 0 Å². The van der Waals surface area contributed by atoms with Gasteiger partial charge in [0.2, 0.25) is 0 Å². The van der Waals surface area contributed by atoms with E-state index in [1.165, 1.54) is 0 Å². The van der Waals surface area contributed by atoms with Gasteiger partial charge >= 0.3 is 24.7 Å². The molecule has 6 atom stereocenters. The Kier molecular flexibility index (Phi) is 8.21. The van der Waals surface area contributed by atoms with E-state index < -0.39 is 66.0 Å². The Morgan fingerprint density at radius 3 is 1.50 bits per heavy atom. The van der Waals surface area contributed by atoms with E-state index in [0.717, 1.165) is 0 Å². The number of halogens is 12. The molecule has 3 aliphatic rings. The molecular formula is C24H32F12O2. The summed E-state index contributed by atoms with van der Waals surface area (Å²) < 4.78 is 158. The molecule has 0 bridgehead atoms. The second-order valence-corrected chi connectivity index (χ2v) is 11.9. The van der Waals surface area contributed by atoms with Crippen LogP contribution in [-0.4, -0.2) is 46.1 Å². The maximum atomic E-state index is 13.2. The van der Waals surface area contributed by atoms with Crippen molar-refractivity contribution in [2.75, 3.05) is 0 Å². The molecule has 0 saturated heterocycles. The zero-order valence-electron chi connectivity index (χ0n) is 20.6. The maximum absolute atomic E-state index is 13.2. The summed E-state index contributed by atoms with van der Waals surface area (Å²) in [5.74, 6) is -2.80. The molecular weight excluding hydrogens is 548 g/mol. The van der Waals surface area contributed by atoms with Crippen LogP contribution in [0.3, 0.4) is 0 Å². The first kappa shape index (κ1) is 31.6. The fourth-order valence-electron chi connectivity index (χ4n) is 7.62. The van der Waals surface area contributed by atoms with Crippen LogP contribution in [0, 0.1) is 35.0 Å². The first-order valence-electron chi connectivity index (χ1n) is 12.7. The lowest BCUT2D eigenvalue weighted by Crippen LogP contribution is -2.58. The van der Waals surface area contributed by atoms with E-state index in [4.69, 9.17) is 0 Å². The Morgan fingerprint density at radius 1 is 0.605 bits per heavy atom. The highest BCUT2D eigenvalue weighted by Gasteiger charge is 2.72. The Morgan fingerprint density at radius 2 is 1.05 bits per heavy atom. The Bertz CT molecular complexity index is 802. The lowest BCUT2D eigenvalue weighted by molar-refractivity contribution is -0.374. The summed E-state index contributed by atoms with van der Waals surface area (Å²) in [6, 6.07) is 0. The molecule has 224 valence electrons. The number of aliphatic hydroxyl groups is 2. The Labute approximate surface area is 212 Å². The molecule has 3 aliphatic carbocycles. The number of hydrogen-bond acceptors (Lipinski definition) is 2. The van der Waals surface area contributed by atoms with Gasteiger partial charge < -0.3 is 10.2 Å². The van der Waals surface area contributed by atoms with Crippen molar-refractivity contribution in [2.24, 2.45) is 35.0 Å². The van der Waals surface area contributed by atoms with Crippen LogP contribution in [0.4, 0.5) is 52.7 Å². The third-order valence-electron chi connectivity index (χ3n) is 9.75. The lowest BCUT2D eigenvalue weighted by atomic mass is 9.58. The van der Waals surface area contributed by atoms with Crippen molar-refractivity contribution < 1.29 is 62.9 Å². The second-order valence-electron chi connectivity index (χ2n) is 11.9. The van der Waals surface area contributed by atoms with Crippen molar-refractivity contribution in [2.45, 2.75) is 113 Å². The number of fused-ring (bicyclic) bond motifs is 1. The molecule has 3 fully saturated rings. The smallest absolute Gasteiger partial charge is 0.374 e. The summed E-state index contributed by atoms with van der Waals surface area (Å²) in [7, 11) is 0. The van der Waals surface area contributed by atoms with Crippen molar-refractivity contribution in [1.82, 2.24) is 0 Å². The van der Waals surface area contributed by atoms with Gasteiger partial charge in [0, 0.05) is 0 Å². The van der Waals surface area contributed by atoms with Gasteiger partial charge in [-0.25, -0.2) is 0 Å². The SMILES string of the molecule is CC1(C2CCCC(CC(O)(C(F)(F)F)C(F)(F)F)C2)CCC2CC(CC(O)(C(F)(F)F)C(F)(F)F)CCC21. The fourth-order valence-corrected chi connectivity index (χ4v) is 7.62. The van der Waals surface area contributed by atoms with E-state index >= 15 is 0 Å². The van der Waals surface area contributed by atoms with E-state index in [0.29, 0.717) is 25.7 Å². The first-order chi connectivity index (χ1) is 17.0. The Balaban J connectivity index is 1.71. The molecule has 2 N–H and O–H groups in total. The first-order valence-corrected chi connectivity index (χ1v) is 12.7. The molecule has 0 aromatic rings. The number of hydrogen-bond donors (Lipinski definition) is 2. The zero-order chi connectivity index (χ0) is 29.2. The summed E-state index contributed by atoms with van der Waals surface area (Å²) in [6.45, 7) is 1.85. The molecule has 0 aromatic carbocycles. The van der Waals surface area contributed by atoms with Gasteiger partial charge in [0.15, 0.2) is 0 Å². The minimum absolute atomic E-state index is 0.0106. The van der Waals surface area contributed by atoms with E-state index in [9.17, 15) is 62.9 Å². The molecule has 38 heavy (non-hydrogen) atoms. The van der Waals surface area contributed by atoms with E-state index in [1.54, 1.807) is 0 Å². The molecule has 0 amide bonds. The predicted octanol–water partition coefficient (Wildman–Crippen LogP) is 8.12. The van der Waals surface area contributed by atoms with Gasteiger partial charge in [0.1, 0.15) is 0 Å². The van der Waals surface area contributed by atoms with Crippen molar-refractivity contribution in [1.29, 1.82) is 0 Å². The van der Waals surface area contributed by atoms with Gasteiger partial charge in [0.05, 0.1) is 0 Å². The number of alkyl halides is 12. The van der Waals surface area contributed by atoms with Crippen molar-refractivity contribution >= 4 is 0 Å². The van der Waals surface area contributed by atoms with Crippen LogP contribution in [0.15, 0.2) is 0 Å². The quantitative estimate of drug-likeness (QED) is 0.323. The van der Waals surface area contributed by atoms with Crippen LogP contribution in [-0.2, 0) is 0 Å². The van der Waals surface area contributed by atoms with Crippen LogP contribution >= 0.6 is 0 Å². The molecule has 3 saturated carbocycles. The molecule has 0 heterocycles. The summed E-state index contributed by atoms with van der Waals surface area (Å²) in [5, 5.41) is 19.2. The highest BCUT2D eigenvalue weighted by atomic mass is 19.4. The van der Waals surface area contributed by atoms with Crippen molar-refractivity contribution in [3.8, 4) is 0 Å². The predicted molar refractivity (Wildman–Crippen MR) is 110 cm³/mol. The molecule has 0 aliphatic heterocycles. The van der Waals surface area contributed by atoms with Gasteiger partial charge in [-0.3, -0.25) is 0 Å². The summed E-state index contributed by atoms with van der Waals surface area (Å²) in [4.78, 5) is 0. The third-order valence-corrected chi connectivity index (χ3v) is 9.75. The van der Waals surface area contributed by atoms with Crippen molar-refractivity contribution in [3.63, 3.8) is 0 Å². The average molecular weight is 580 g/mol. The van der Waals surface area contributed by atoms with Gasteiger partial charge in [-0.15, -0.1) is 0 Å². The van der Waals surface area contributed by atoms with Gasteiger partial charge in [-0.2, -0.15) is 52.7 Å². The lowest BCUT2D eigenvalue weighted by Gasteiger charge is -2.48. The molecule has 14 heteroatoms. The highest BCUT2D eigenvalue weighted by molar-refractivity contribution is 5.04. The standard InChI is InChI=1S/C24H32F12O2/c1-18(16-4-2-3-13(10-16)11-19(37,21(25,26)27)22(28,29)30)8-7-15-9-14(5-6-17(15)18)12-20(38,23(31,32)33)24(34,35)36/h13-17,37-38H,2-12H2,1H3. The molecule has 0 spiro atoms. The van der Waals surface area contributed by atoms with Gasteiger partial charge in [0.25, 0.3) is 11.2 Å². The molecule has 2 nitrogen and oxygen atoms in total. The van der Waals surface area contributed by atoms with Crippen LogP contribution in [0.25, 0.3) is 0 Å². The summed E-state index contributed by atoms with van der Waals surface area (Å²) >= 11 is 0. The third kappa shape index (κ3) is 5.50. The van der Waals surface area contributed by atoms with Crippen LogP contribution in [0.5, 0.6) is 0 Å². The molecule has 6 unspecified atom stereocenters. The normalized spacial score (nSPS) is 34.3. The minimum Gasteiger partial charge on any atom is -0.374 e. The second kappa shape index (κ2) is 9.87. The van der Waals surface area contributed by atoms with Crippen LogP contribution in [0.1, 0.15) is 77.6 Å². The topological polar surface area (TPSA) is 40.5 Å². The molecule has 0 radical (unpaired) electrons. The highest BCUT2D eigenvalue weighted by Crippen LogP contribution is 2.62. The van der Waals surface area contributed by atoms with Gasteiger partial charge in [-0.05, 0) is 86.4 Å². The van der Waals surface area contributed by atoms with Crippen LogP contribution in [0.2, 0.25) is 0 Å². The largest absolute Gasteiger partial charge is 0.426 e.